The summed E-state index contributed by atoms with van der Waals surface area (Å²) >= 11 is 1.45. The minimum atomic E-state index is -3.63. The molecule has 2 saturated carbocycles. The van der Waals surface area contributed by atoms with Gasteiger partial charge in [0.25, 0.3) is 0 Å². The number of carbonyl (C=O) groups excluding carboxylic acids is 4. The van der Waals surface area contributed by atoms with Gasteiger partial charge < -0.3 is 19.7 Å². The van der Waals surface area contributed by atoms with Crippen LogP contribution in [0.5, 0.6) is 5.75 Å². The second kappa shape index (κ2) is 13.6. The molecule has 1 N–H and O–H groups in total. The van der Waals surface area contributed by atoms with Crippen molar-refractivity contribution in [1.29, 1.82) is 0 Å². The number of hydrogen-bond acceptors (Lipinski definition) is 11. The fraction of sp³-hybridized carbons (Fsp3) is 0.600. The maximum atomic E-state index is 14.4. The zero-order chi connectivity index (χ0) is 35.9. The quantitative estimate of drug-likeness (QED) is 0.236. The Morgan fingerprint density at radius 3 is 2.45 bits per heavy atom. The molecule has 3 aliphatic rings. The van der Waals surface area contributed by atoms with Crippen LogP contribution in [0.25, 0.3) is 10.6 Å². The molecule has 2 aliphatic carbocycles. The van der Waals surface area contributed by atoms with Crippen LogP contribution in [0, 0.1) is 17.3 Å². The Labute approximate surface area is 292 Å². The van der Waals surface area contributed by atoms with Gasteiger partial charge in [-0.2, -0.15) is 0 Å². The summed E-state index contributed by atoms with van der Waals surface area (Å²) in [6.45, 7) is 14.6. The topological polar surface area (TPSA) is 162 Å². The molecule has 2 amide bonds. The van der Waals surface area contributed by atoms with Gasteiger partial charge in [0.1, 0.15) is 39.8 Å². The molecule has 1 saturated heterocycles. The maximum Gasteiger partial charge on any atom is 0.307 e. The lowest BCUT2D eigenvalue weighted by atomic mass is 9.77. The summed E-state index contributed by atoms with van der Waals surface area (Å²) in [6, 6.07) is 0.727. The van der Waals surface area contributed by atoms with Crippen molar-refractivity contribution in [1.82, 2.24) is 20.2 Å². The number of nitrogens with one attached hydrogen (secondary N) is 1. The maximum absolute atomic E-state index is 14.4. The van der Waals surface area contributed by atoms with E-state index in [0.717, 1.165) is 10.6 Å². The van der Waals surface area contributed by atoms with E-state index in [-0.39, 0.29) is 25.8 Å². The van der Waals surface area contributed by atoms with Gasteiger partial charge in [-0.3, -0.25) is 24.2 Å². The van der Waals surface area contributed by atoms with Crippen LogP contribution in [0.1, 0.15) is 73.6 Å². The number of sulfone groups is 1. The van der Waals surface area contributed by atoms with E-state index >= 15 is 0 Å². The van der Waals surface area contributed by atoms with Crippen LogP contribution in [-0.2, 0) is 33.8 Å². The molecule has 2 aromatic heterocycles. The Hall–Kier alpha value is -3.65. The first-order chi connectivity index (χ1) is 22.8. The number of pyridine rings is 1. The Bertz CT molecular complexity index is 1710. The van der Waals surface area contributed by atoms with E-state index in [4.69, 9.17) is 9.47 Å². The monoisotopic (exact) mass is 714 g/mol. The number of amides is 2. The second-order valence-electron chi connectivity index (χ2n) is 15.4. The van der Waals surface area contributed by atoms with Crippen molar-refractivity contribution in [2.24, 2.45) is 17.3 Å². The normalized spacial score (nSPS) is 24.5. The molecule has 0 unspecified atom stereocenters. The van der Waals surface area contributed by atoms with Crippen LogP contribution in [-0.4, -0.2) is 87.7 Å². The van der Waals surface area contributed by atoms with Crippen molar-refractivity contribution >= 4 is 44.7 Å². The van der Waals surface area contributed by atoms with Crippen molar-refractivity contribution in [3.05, 3.63) is 42.7 Å². The summed E-state index contributed by atoms with van der Waals surface area (Å²) in [7, 11) is -3.63. The fourth-order valence-corrected chi connectivity index (χ4v) is 8.65. The lowest BCUT2D eigenvalue weighted by molar-refractivity contribution is -0.161. The number of likely N-dealkylation sites (tertiary alicyclic amines) is 1. The highest BCUT2D eigenvalue weighted by molar-refractivity contribution is 7.93. The molecule has 5 atom stereocenters. The van der Waals surface area contributed by atoms with Gasteiger partial charge in [-0.25, -0.2) is 13.4 Å². The number of nitrogens with zero attached hydrogens (tertiary/aromatic N) is 3. The number of rotatable bonds is 13. The molecule has 14 heteroatoms. The summed E-state index contributed by atoms with van der Waals surface area (Å²) in [6.07, 6.45) is 6.99. The fourth-order valence-electron chi connectivity index (χ4n) is 6.31. The minimum Gasteiger partial charge on any atom is -0.487 e. The molecular formula is C35H46N4O8S2. The van der Waals surface area contributed by atoms with E-state index in [9.17, 15) is 27.6 Å². The zero-order valence-electron chi connectivity index (χ0n) is 28.9. The lowest BCUT2D eigenvalue weighted by Crippen LogP contribution is -2.55. The standard InChI is InChI=1S/C35H46N4O8S2/c1-8-22-16-35(22,28(40)20-49(44,45)25-9-10-25)38-30(42)27-14-24(46-23-13-21(17-36-18-23)31-37-11-12-48-31)19-39(27)32(43)26(33(2,3)4)15-29(41)47-34(5,6)7/h8,11-13,17-18,22,24-27H,1,9-10,14-16,19-20H2,2-7H3,(H,38,42)/t22-,24-,26-,27+,35-/m1/s1. The predicted octanol–water partition coefficient (Wildman–Crippen LogP) is 4.15. The number of hydrogen-bond donors (Lipinski definition) is 1. The average Bonchev–Trinajstić information content (AvgIpc) is 3.87. The van der Waals surface area contributed by atoms with Gasteiger partial charge in [-0.1, -0.05) is 26.8 Å². The number of thiazole rings is 1. The first-order valence-electron chi connectivity index (χ1n) is 16.6. The van der Waals surface area contributed by atoms with E-state index in [2.05, 4.69) is 21.9 Å². The molecule has 3 fully saturated rings. The third-order valence-electron chi connectivity index (χ3n) is 9.19. The van der Waals surface area contributed by atoms with E-state index in [1.807, 2.05) is 26.2 Å². The van der Waals surface area contributed by atoms with Gasteiger partial charge in [0.2, 0.25) is 11.8 Å². The van der Waals surface area contributed by atoms with Gasteiger partial charge in [0.15, 0.2) is 15.6 Å². The molecule has 266 valence electrons. The third kappa shape index (κ3) is 8.57. The first kappa shape index (κ1) is 36.6. The van der Waals surface area contributed by atoms with Crippen molar-refractivity contribution in [3.8, 4) is 16.3 Å². The van der Waals surface area contributed by atoms with E-state index in [0.29, 0.717) is 18.6 Å². The van der Waals surface area contributed by atoms with Gasteiger partial charge in [-0.05, 0) is 51.5 Å². The summed E-state index contributed by atoms with van der Waals surface area (Å²) in [5.41, 5.74) is -2.10. The first-order valence-corrected chi connectivity index (χ1v) is 19.2. The molecular weight excluding hydrogens is 669 g/mol. The molecule has 0 aromatic carbocycles. The second-order valence-corrected chi connectivity index (χ2v) is 18.5. The average molecular weight is 715 g/mol. The van der Waals surface area contributed by atoms with Gasteiger partial charge in [0, 0.05) is 35.7 Å². The van der Waals surface area contributed by atoms with Gasteiger partial charge >= 0.3 is 5.97 Å². The van der Waals surface area contributed by atoms with Gasteiger partial charge in [-0.15, -0.1) is 17.9 Å². The smallest absolute Gasteiger partial charge is 0.307 e. The molecule has 12 nitrogen and oxygen atoms in total. The molecule has 0 bridgehead atoms. The molecule has 1 aliphatic heterocycles. The summed E-state index contributed by atoms with van der Waals surface area (Å²) in [5, 5.41) is 4.94. The minimum absolute atomic E-state index is 0.0290. The number of ketones is 1. The number of esters is 1. The number of Topliss-reactive ketones (excluding diaryl/α,β-unsaturated/α-hetero) is 1. The van der Waals surface area contributed by atoms with Crippen LogP contribution in [0.4, 0.5) is 0 Å². The molecule has 2 aromatic rings. The van der Waals surface area contributed by atoms with E-state index < -0.39 is 84.9 Å². The van der Waals surface area contributed by atoms with Crippen molar-refractivity contribution in [2.75, 3.05) is 12.3 Å². The van der Waals surface area contributed by atoms with Crippen LogP contribution in [0.15, 0.2) is 42.7 Å². The predicted molar refractivity (Wildman–Crippen MR) is 184 cm³/mol. The third-order valence-corrected chi connectivity index (χ3v) is 12.2. The van der Waals surface area contributed by atoms with Crippen molar-refractivity contribution < 1.29 is 37.1 Å². The lowest BCUT2D eigenvalue weighted by Gasteiger charge is -2.35. The largest absolute Gasteiger partial charge is 0.487 e. The Morgan fingerprint density at radius 2 is 1.88 bits per heavy atom. The molecule has 5 rings (SSSR count). The summed E-state index contributed by atoms with van der Waals surface area (Å²) < 4.78 is 37.3. The Balaban J connectivity index is 1.41. The van der Waals surface area contributed by atoms with Crippen LogP contribution >= 0.6 is 11.3 Å². The van der Waals surface area contributed by atoms with Crippen molar-refractivity contribution in [2.45, 2.75) is 102 Å². The summed E-state index contributed by atoms with van der Waals surface area (Å²) in [4.78, 5) is 65.1. The van der Waals surface area contributed by atoms with E-state index in [1.54, 1.807) is 51.5 Å². The highest BCUT2D eigenvalue weighted by Crippen LogP contribution is 2.46. The van der Waals surface area contributed by atoms with Crippen LogP contribution in [0.2, 0.25) is 0 Å². The zero-order valence-corrected chi connectivity index (χ0v) is 30.6. The Kier molecular flexibility index (Phi) is 10.1. The molecule has 0 spiro atoms. The van der Waals surface area contributed by atoms with Crippen LogP contribution in [0.3, 0.4) is 0 Å². The highest BCUT2D eigenvalue weighted by atomic mass is 32.2. The number of carbonyl (C=O) groups is 4. The summed E-state index contributed by atoms with van der Waals surface area (Å²) in [5.74, 6) is -3.65. The van der Waals surface area contributed by atoms with Crippen LogP contribution < -0.4 is 10.1 Å². The highest BCUT2D eigenvalue weighted by Gasteiger charge is 2.61. The molecule has 49 heavy (non-hydrogen) atoms. The molecule has 3 heterocycles. The molecule has 0 radical (unpaired) electrons. The SMILES string of the molecule is C=C[C@@H]1C[C@]1(NC(=O)[C@@H]1C[C@@H](Oc2cncc(-c3nccs3)c2)CN1C(=O)[C@@H](CC(=O)OC(C)(C)C)C(C)(C)C)C(=O)CS(=O)(=O)C1CC1. The number of aromatic nitrogens is 2. The van der Waals surface area contributed by atoms with E-state index in [1.165, 1.54) is 16.2 Å². The van der Waals surface area contributed by atoms with Crippen molar-refractivity contribution in [3.63, 3.8) is 0 Å². The Morgan fingerprint density at radius 1 is 1.16 bits per heavy atom. The number of ether oxygens (including phenoxy) is 2. The van der Waals surface area contributed by atoms with Gasteiger partial charge in [0.05, 0.1) is 30.3 Å².